The molecule has 0 radical (unpaired) electrons. The van der Waals surface area contributed by atoms with E-state index in [1.807, 2.05) is 115 Å². The van der Waals surface area contributed by atoms with Crippen LogP contribution in [0.3, 0.4) is 0 Å². The molecule has 0 saturated carbocycles. The number of primary amides is 1. The predicted molar refractivity (Wildman–Crippen MR) is 277 cm³/mol. The number of carbonyl (C=O) groups excluding carboxylic acids is 5. The van der Waals surface area contributed by atoms with Crippen molar-refractivity contribution < 1.29 is 43.3 Å². The Morgan fingerprint density at radius 2 is 1.47 bits per heavy atom. The van der Waals surface area contributed by atoms with E-state index < -0.39 is 71.5 Å². The Kier molecular flexibility index (Phi) is 14.1. The van der Waals surface area contributed by atoms with Gasteiger partial charge >= 0.3 is 18.0 Å². The highest BCUT2D eigenvalue weighted by Crippen LogP contribution is 2.66. The lowest BCUT2D eigenvalue weighted by atomic mass is 9.65. The number of fused-ring (bicyclic) bond motifs is 3. The van der Waals surface area contributed by atoms with Gasteiger partial charge in [-0.3, -0.25) is 19.3 Å². The zero-order valence-corrected chi connectivity index (χ0v) is 40.6. The van der Waals surface area contributed by atoms with Gasteiger partial charge in [-0.25, -0.2) is 14.5 Å². The van der Waals surface area contributed by atoms with Gasteiger partial charge in [0.05, 0.1) is 56.1 Å². The number of carbonyl (C=O) groups is 5. The molecule has 6 N–H and O–H groups in total. The van der Waals surface area contributed by atoms with E-state index in [0.717, 1.165) is 21.7 Å². The van der Waals surface area contributed by atoms with Gasteiger partial charge in [-0.1, -0.05) is 115 Å². The van der Waals surface area contributed by atoms with E-state index in [-0.39, 0.29) is 31.0 Å². The molecule has 4 aliphatic heterocycles. The Morgan fingerprint density at radius 1 is 0.811 bits per heavy atom. The first-order chi connectivity index (χ1) is 36.1. The lowest BCUT2D eigenvalue weighted by Crippen LogP contribution is -2.55. The Hall–Kier alpha value is -8.49. The molecule has 6 aromatic carbocycles. The fourth-order valence-electron chi connectivity index (χ4n) is 11.0. The molecule has 3 saturated heterocycles. The summed E-state index contributed by atoms with van der Waals surface area (Å²) in [4.78, 5) is 80.5. The van der Waals surface area contributed by atoms with Crippen LogP contribution in [0.1, 0.15) is 64.5 Å². The summed E-state index contributed by atoms with van der Waals surface area (Å²) in [5, 5.41) is 18.3. The van der Waals surface area contributed by atoms with Crippen LogP contribution >= 0.6 is 0 Å². The number of aliphatic hydroxyl groups excluding tert-OH is 1. The van der Waals surface area contributed by atoms with Crippen molar-refractivity contribution in [2.24, 2.45) is 11.7 Å². The maximum atomic E-state index is 16.8. The third-order valence-corrected chi connectivity index (χ3v) is 14.2. The second-order valence-corrected chi connectivity index (χ2v) is 18.5. The normalized spacial score (nSPS) is 22.4. The number of amides is 6. The fraction of sp³-hybridized carbons (Fsp3) is 0.259. The number of aliphatic hydroxyl groups is 1. The lowest BCUT2D eigenvalue weighted by molar-refractivity contribution is -0.177. The quantitative estimate of drug-likeness (QED) is 0.0646. The predicted octanol–water partition coefficient (Wildman–Crippen LogP) is 6.69. The SMILES string of the molecule is C[C@H](NC(=O)N1C(=O)[C@@]2(c3cc(C#CCNC(N)=O)ccc31)[C@H](c1ccc(OCCO)cc1)N1C(C(=O)O[C@@H](c3ccccc3)[C@H]1c1ccccc1)[C@@H]2C(=O)Nc1ccc(N2CCOCC2)cc1)c1ccccc1. The second kappa shape index (κ2) is 21.3. The van der Waals surface area contributed by atoms with E-state index >= 15 is 19.2 Å². The van der Waals surface area contributed by atoms with Crippen LogP contribution < -0.4 is 36.2 Å². The van der Waals surface area contributed by atoms with Crippen molar-refractivity contribution in [1.82, 2.24) is 15.5 Å². The van der Waals surface area contributed by atoms with Crippen LogP contribution in [0.25, 0.3) is 0 Å². The Bertz CT molecular complexity index is 3090. The summed E-state index contributed by atoms with van der Waals surface area (Å²) in [7, 11) is 0. The summed E-state index contributed by atoms with van der Waals surface area (Å²) < 4.78 is 18.1. The number of rotatable bonds is 12. The molecule has 3 fully saturated rings. The molecule has 4 aliphatic rings. The minimum atomic E-state index is -2.08. The molecule has 10 rings (SSSR count). The number of nitrogens with zero attached hydrogens (tertiary/aromatic N) is 3. The molecule has 0 aliphatic carbocycles. The smallest absolute Gasteiger partial charge is 0.329 e. The minimum absolute atomic E-state index is 0.0212. The van der Waals surface area contributed by atoms with Crippen LogP contribution in [-0.2, 0) is 29.3 Å². The summed E-state index contributed by atoms with van der Waals surface area (Å²) in [5.74, 6) is 2.66. The van der Waals surface area contributed by atoms with Gasteiger partial charge in [-0.15, -0.1) is 0 Å². The largest absolute Gasteiger partial charge is 0.491 e. The van der Waals surface area contributed by atoms with Crippen LogP contribution in [0.15, 0.2) is 158 Å². The van der Waals surface area contributed by atoms with Crippen molar-refractivity contribution in [2.75, 3.05) is 61.2 Å². The van der Waals surface area contributed by atoms with Gasteiger partial charge in [-0.05, 0) is 89.3 Å². The number of cyclic esters (lactones) is 1. The average molecular weight is 994 g/mol. The molecular weight excluding hydrogens is 939 g/mol. The van der Waals surface area contributed by atoms with Crippen LogP contribution in [0.5, 0.6) is 5.75 Å². The van der Waals surface area contributed by atoms with Crippen molar-refractivity contribution in [3.05, 3.63) is 191 Å². The topological polar surface area (TPSA) is 205 Å². The van der Waals surface area contributed by atoms with Crippen LogP contribution in [0.2, 0.25) is 0 Å². The number of hydrogen-bond donors (Lipinski definition) is 5. The van der Waals surface area contributed by atoms with Gasteiger partial charge in [-0.2, -0.15) is 0 Å². The van der Waals surface area contributed by atoms with Gasteiger partial charge in [0, 0.05) is 30.0 Å². The number of nitrogens with one attached hydrogen (secondary N) is 3. The summed E-state index contributed by atoms with van der Waals surface area (Å²) in [6, 6.07) is 42.0. The molecule has 4 heterocycles. The van der Waals surface area contributed by atoms with Gasteiger partial charge in [0.2, 0.25) is 11.8 Å². The minimum Gasteiger partial charge on any atom is -0.491 e. The molecule has 6 aromatic rings. The fourth-order valence-corrected chi connectivity index (χ4v) is 11.0. The number of morpholine rings is 2. The Morgan fingerprint density at radius 3 is 2.14 bits per heavy atom. The third kappa shape index (κ3) is 9.28. The highest BCUT2D eigenvalue weighted by molar-refractivity contribution is 6.25. The van der Waals surface area contributed by atoms with Crippen LogP contribution in [0, 0.1) is 17.8 Å². The molecule has 7 atom stereocenters. The van der Waals surface area contributed by atoms with Crippen molar-refractivity contribution in [1.29, 1.82) is 0 Å². The number of hydrogen-bond acceptors (Lipinski definition) is 11. The van der Waals surface area contributed by atoms with E-state index in [1.54, 1.807) is 54.6 Å². The average Bonchev–Trinajstić information content (AvgIpc) is 3.97. The molecule has 376 valence electrons. The molecule has 74 heavy (non-hydrogen) atoms. The molecule has 1 spiro atoms. The number of anilines is 3. The van der Waals surface area contributed by atoms with Crippen molar-refractivity contribution in [3.8, 4) is 17.6 Å². The standard InChI is InChI=1S/C58H55N7O9/c1-37(39-13-5-2-6-14-39)61-57(71)64-47-28-19-38(12-11-29-60-56(59)70)36-46(47)58(55(64)69)48(53(67)62-43-22-24-44(25-23-43)63-30-33-72-34-31-63)50-54(68)74-51(41-17-9-4-10-18-41)49(40-15-7-3-8-16-40)65(50)52(58)42-20-26-45(27-21-42)73-35-32-66/h2-10,13-28,36-37,48-52,66H,29-35H2,1H3,(H,61,71)(H,62,67)(H3,59,60,70)/t37-,48+,49+,50?,51-,52-,58+/m0/s1. The van der Waals surface area contributed by atoms with Crippen molar-refractivity contribution in [2.45, 2.75) is 42.6 Å². The van der Waals surface area contributed by atoms with Gasteiger partial charge in [0.1, 0.15) is 29.9 Å². The Labute approximate surface area is 428 Å². The first kappa shape index (κ1) is 49.1. The first-order valence-electron chi connectivity index (χ1n) is 24.6. The highest BCUT2D eigenvalue weighted by Gasteiger charge is 2.75. The Balaban J connectivity index is 1.22. The van der Waals surface area contributed by atoms with Crippen molar-refractivity contribution >= 4 is 46.9 Å². The van der Waals surface area contributed by atoms with E-state index in [0.29, 0.717) is 54.4 Å². The zero-order valence-electron chi connectivity index (χ0n) is 40.6. The summed E-state index contributed by atoms with van der Waals surface area (Å²) in [6.45, 7) is 4.07. The van der Waals surface area contributed by atoms with Gasteiger partial charge in [0.15, 0.2) is 0 Å². The molecular formula is C58H55N7O9. The maximum Gasteiger partial charge on any atom is 0.329 e. The van der Waals surface area contributed by atoms with E-state index in [4.69, 9.17) is 19.9 Å². The molecule has 1 unspecified atom stereocenters. The molecule has 16 heteroatoms. The van der Waals surface area contributed by atoms with Crippen molar-refractivity contribution in [3.63, 3.8) is 0 Å². The maximum absolute atomic E-state index is 16.8. The summed E-state index contributed by atoms with van der Waals surface area (Å²) in [6.07, 6.45) is -0.944. The van der Waals surface area contributed by atoms with Crippen LogP contribution in [-0.4, -0.2) is 92.0 Å². The summed E-state index contributed by atoms with van der Waals surface area (Å²) >= 11 is 0. The molecule has 0 bridgehead atoms. The number of imide groups is 1. The number of benzene rings is 6. The van der Waals surface area contributed by atoms with Gasteiger partial charge < -0.3 is 45.9 Å². The first-order valence-corrected chi connectivity index (χ1v) is 24.6. The van der Waals surface area contributed by atoms with E-state index in [9.17, 15) is 9.90 Å². The monoisotopic (exact) mass is 993 g/mol. The number of nitrogens with two attached hydrogens (primary N) is 1. The molecule has 0 aromatic heterocycles. The van der Waals surface area contributed by atoms with Gasteiger partial charge in [0.25, 0.3) is 0 Å². The zero-order chi connectivity index (χ0) is 51.3. The second-order valence-electron chi connectivity index (χ2n) is 18.5. The van der Waals surface area contributed by atoms with E-state index in [1.165, 1.54) is 0 Å². The highest BCUT2D eigenvalue weighted by atomic mass is 16.6. The molecule has 16 nitrogen and oxygen atoms in total. The molecule has 6 amide bonds. The number of esters is 1. The van der Waals surface area contributed by atoms with E-state index in [2.05, 4.69) is 32.7 Å². The van der Waals surface area contributed by atoms with Crippen LogP contribution in [0.4, 0.5) is 26.7 Å². The summed E-state index contributed by atoms with van der Waals surface area (Å²) in [5.41, 5.74) is 8.17. The third-order valence-electron chi connectivity index (χ3n) is 14.2. The number of urea groups is 2. The lowest BCUT2D eigenvalue weighted by Gasteiger charge is -2.46. The number of ether oxygens (including phenoxy) is 3.